The van der Waals surface area contributed by atoms with E-state index in [-0.39, 0.29) is 36.9 Å². The molecule has 0 radical (unpaired) electrons. The average Bonchev–Trinajstić information content (AvgIpc) is 3.20. The molecule has 12 heteroatoms. The number of nitrogens with zero attached hydrogens (tertiary/aromatic N) is 1. The third-order valence-corrected chi connectivity index (χ3v) is 6.88. The molecule has 206 valence electrons. The van der Waals surface area contributed by atoms with Crippen molar-refractivity contribution in [2.75, 3.05) is 6.54 Å². The molecule has 1 amide bonds. The van der Waals surface area contributed by atoms with Crippen molar-refractivity contribution in [2.45, 2.75) is 69.3 Å². The number of carbonyl (C=O) groups is 2. The minimum Gasteiger partial charge on any atom is -0.460 e. The number of ether oxygens (including phenoxy) is 2. The number of carbonyl (C=O) groups excluding carboxylic acids is 2. The summed E-state index contributed by atoms with van der Waals surface area (Å²) in [5.41, 5.74) is -2.77. The number of rotatable bonds is 5. The first-order valence-electron chi connectivity index (χ1n) is 11.8. The highest BCUT2D eigenvalue weighted by Crippen LogP contribution is 2.44. The van der Waals surface area contributed by atoms with Crippen molar-refractivity contribution in [3.05, 3.63) is 70.5 Å². The molecule has 5 nitrogen and oxygen atoms in total. The lowest BCUT2D eigenvalue weighted by Crippen LogP contribution is -2.50. The Bertz CT molecular complexity index is 1160. The average molecular weight is 547 g/mol. The second-order valence-corrected chi connectivity index (χ2v) is 9.46. The normalized spacial score (nSPS) is 24.8. The smallest absolute Gasteiger partial charge is 0.416 e. The molecule has 5 atom stereocenters. The van der Waals surface area contributed by atoms with Gasteiger partial charge in [-0.25, -0.2) is 4.39 Å². The molecule has 2 saturated heterocycles. The second-order valence-electron chi connectivity index (χ2n) is 9.46. The van der Waals surface area contributed by atoms with E-state index < -0.39 is 65.5 Å². The number of piperidine rings is 1. The molecule has 0 saturated carbocycles. The van der Waals surface area contributed by atoms with Crippen LogP contribution in [-0.4, -0.2) is 41.6 Å². The minimum absolute atomic E-state index is 0.0374. The standard InChI is InChI=1S/C26H24F7NO4/c1-13(16-9-17(25(28,29)30)11-18(10-16)26(31,32)33)37-21-12-34-22(36)8-7-20(38-14(2)35)24(34)23(21)15-3-5-19(27)6-4-15/h3-6,9-11,13,20-21,23-24H,7-8,12H2,1-2H3/t13-,20?,21+,23-,24+/m1/s1. The third kappa shape index (κ3) is 5.79. The zero-order valence-electron chi connectivity index (χ0n) is 20.3. The van der Waals surface area contributed by atoms with Crippen LogP contribution in [0.4, 0.5) is 30.7 Å². The molecule has 0 bridgehead atoms. The van der Waals surface area contributed by atoms with Gasteiger partial charge in [0.1, 0.15) is 11.9 Å². The summed E-state index contributed by atoms with van der Waals surface area (Å²) in [7, 11) is 0. The molecule has 2 aliphatic rings. The van der Waals surface area contributed by atoms with Crippen LogP contribution in [0.2, 0.25) is 0 Å². The molecule has 2 fully saturated rings. The number of fused-ring (bicyclic) bond motifs is 1. The van der Waals surface area contributed by atoms with Crippen LogP contribution in [0.5, 0.6) is 0 Å². The highest BCUT2D eigenvalue weighted by atomic mass is 19.4. The molecule has 38 heavy (non-hydrogen) atoms. The highest BCUT2D eigenvalue weighted by Gasteiger charge is 2.52. The number of halogens is 7. The third-order valence-electron chi connectivity index (χ3n) is 6.88. The van der Waals surface area contributed by atoms with Gasteiger partial charge in [-0.15, -0.1) is 0 Å². The van der Waals surface area contributed by atoms with Crippen molar-refractivity contribution in [3.8, 4) is 0 Å². The van der Waals surface area contributed by atoms with E-state index in [1.165, 1.54) is 43.0 Å². The van der Waals surface area contributed by atoms with E-state index >= 15 is 0 Å². The number of alkyl halides is 6. The van der Waals surface area contributed by atoms with E-state index in [9.17, 15) is 40.3 Å². The Kier molecular flexibility index (Phi) is 7.48. The van der Waals surface area contributed by atoms with Gasteiger partial charge in [-0.2, -0.15) is 26.3 Å². The quantitative estimate of drug-likeness (QED) is 0.339. The topological polar surface area (TPSA) is 55.8 Å². The molecule has 2 heterocycles. The van der Waals surface area contributed by atoms with Crippen molar-refractivity contribution in [1.29, 1.82) is 0 Å². The van der Waals surface area contributed by atoms with Crippen molar-refractivity contribution in [3.63, 3.8) is 0 Å². The van der Waals surface area contributed by atoms with E-state index in [0.29, 0.717) is 17.7 Å². The van der Waals surface area contributed by atoms with Gasteiger partial charge in [-0.05, 0) is 54.8 Å². The summed E-state index contributed by atoms with van der Waals surface area (Å²) in [6.07, 6.45) is -12.6. The first-order valence-corrected chi connectivity index (χ1v) is 11.8. The van der Waals surface area contributed by atoms with Crippen LogP contribution in [0, 0.1) is 5.82 Å². The van der Waals surface area contributed by atoms with Crippen LogP contribution in [0.25, 0.3) is 0 Å². The molecule has 2 aromatic rings. The lowest BCUT2D eigenvalue weighted by molar-refractivity contribution is -0.158. The van der Waals surface area contributed by atoms with Crippen LogP contribution >= 0.6 is 0 Å². The lowest BCUT2D eigenvalue weighted by Gasteiger charge is -2.38. The van der Waals surface area contributed by atoms with Gasteiger partial charge in [0.25, 0.3) is 0 Å². The van der Waals surface area contributed by atoms with Gasteiger partial charge in [0.2, 0.25) is 5.91 Å². The zero-order chi connectivity index (χ0) is 28.0. The van der Waals surface area contributed by atoms with Crippen LogP contribution < -0.4 is 0 Å². The fraction of sp³-hybridized carbons (Fsp3) is 0.462. The summed E-state index contributed by atoms with van der Waals surface area (Å²) in [6, 6.07) is 5.81. The van der Waals surface area contributed by atoms with Gasteiger partial charge in [0.15, 0.2) is 0 Å². The minimum atomic E-state index is -5.02. The molecule has 0 aliphatic carbocycles. The number of esters is 1. The zero-order valence-corrected chi connectivity index (χ0v) is 20.3. The largest absolute Gasteiger partial charge is 0.460 e. The number of hydrogen-bond acceptors (Lipinski definition) is 4. The maximum absolute atomic E-state index is 13.7. The molecule has 2 aromatic carbocycles. The van der Waals surface area contributed by atoms with Crippen molar-refractivity contribution in [1.82, 2.24) is 4.90 Å². The van der Waals surface area contributed by atoms with Crippen LogP contribution in [0.3, 0.4) is 0 Å². The summed E-state index contributed by atoms with van der Waals surface area (Å²) < 4.78 is 106. The Morgan fingerprint density at radius 2 is 1.55 bits per heavy atom. The van der Waals surface area contributed by atoms with Crippen LogP contribution in [0.1, 0.15) is 61.0 Å². The SMILES string of the molecule is CC(=O)OC1CCC(=O)N2C[C@H](O[C@H](C)c3cc(C(F)(F)F)cc(C(F)(F)F)c3)[C@@H](c3ccc(F)cc3)[C@H]12. The summed E-state index contributed by atoms with van der Waals surface area (Å²) in [6.45, 7) is 2.49. The summed E-state index contributed by atoms with van der Waals surface area (Å²) in [4.78, 5) is 26.0. The Balaban J connectivity index is 1.72. The molecule has 4 rings (SSSR count). The summed E-state index contributed by atoms with van der Waals surface area (Å²) in [5.74, 6) is -2.07. The Morgan fingerprint density at radius 1 is 0.974 bits per heavy atom. The lowest BCUT2D eigenvalue weighted by atomic mass is 9.84. The van der Waals surface area contributed by atoms with Crippen molar-refractivity contribution in [2.24, 2.45) is 0 Å². The Morgan fingerprint density at radius 3 is 2.08 bits per heavy atom. The maximum Gasteiger partial charge on any atom is 0.416 e. The first kappa shape index (κ1) is 27.9. The fourth-order valence-corrected chi connectivity index (χ4v) is 5.24. The second kappa shape index (κ2) is 10.2. The summed E-state index contributed by atoms with van der Waals surface area (Å²) >= 11 is 0. The van der Waals surface area contributed by atoms with Gasteiger partial charge in [0, 0.05) is 25.8 Å². The molecular formula is C26H24F7NO4. The van der Waals surface area contributed by atoms with E-state index in [1.807, 2.05) is 0 Å². The molecule has 1 unspecified atom stereocenters. The van der Waals surface area contributed by atoms with Crippen molar-refractivity contribution >= 4 is 11.9 Å². The van der Waals surface area contributed by atoms with Gasteiger partial charge in [-0.1, -0.05) is 12.1 Å². The predicted molar refractivity (Wildman–Crippen MR) is 119 cm³/mol. The Labute approximate surface area is 213 Å². The van der Waals surface area contributed by atoms with Gasteiger partial charge < -0.3 is 14.4 Å². The monoisotopic (exact) mass is 547 g/mol. The molecule has 0 aromatic heterocycles. The molecule has 0 N–H and O–H groups in total. The van der Waals surface area contributed by atoms with E-state index in [1.54, 1.807) is 0 Å². The molecule has 0 spiro atoms. The van der Waals surface area contributed by atoms with Crippen molar-refractivity contribution < 1.29 is 49.8 Å². The van der Waals surface area contributed by atoms with E-state index in [2.05, 4.69) is 0 Å². The van der Waals surface area contributed by atoms with Gasteiger partial charge in [0.05, 0.1) is 29.4 Å². The first-order chi connectivity index (χ1) is 17.6. The van der Waals surface area contributed by atoms with Crippen LogP contribution in [-0.2, 0) is 31.4 Å². The molecule has 2 aliphatic heterocycles. The van der Waals surface area contributed by atoms with E-state index in [0.717, 1.165) is 0 Å². The summed E-state index contributed by atoms with van der Waals surface area (Å²) in [5, 5.41) is 0. The number of benzene rings is 2. The van der Waals surface area contributed by atoms with Gasteiger partial charge in [-0.3, -0.25) is 9.59 Å². The number of hydrogen-bond donors (Lipinski definition) is 0. The molecular weight excluding hydrogens is 523 g/mol. The van der Waals surface area contributed by atoms with Gasteiger partial charge >= 0.3 is 18.3 Å². The fourth-order valence-electron chi connectivity index (χ4n) is 5.24. The predicted octanol–water partition coefficient (Wildman–Crippen LogP) is 6.03. The van der Waals surface area contributed by atoms with Crippen LogP contribution in [0.15, 0.2) is 42.5 Å². The maximum atomic E-state index is 13.7. The number of amides is 1. The highest BCUT2D eigenvalue weighted by molar-refractivity contribution is 5.79. The Hall–Kier alpha value is -3.15. The van der Waals surface area contributed by atoms with E-state index in [4.69, 9.17) is 9.47 Å².